The minimum absolute atomic E-state index is 0.0553. The van der Waals surface area contributed by atoms with Gasteiger partial charge in [-0.15, -0.1) is 0 Å². The van der Waals surface area contributed by atoms with Crippen LogP contribution < -0.4 is 5.73 Å². The summed E-state index contributed by atoms with van der Waals surface area (Å²) in [5, 5.41) is 0. The molecule has 0 saturated carbocycles. The molecule has 0 aliphatic rings. The average Bonchev–Trinajstić information content (AvgIpc) is 2.68. The van der Waals surface area contributed by atoms with Crippen LogP contribution in [0.3, 0.4) is 0 Å². The predicted molar refractivity (Wildman–Crippen MR) is 109 cm³/mol. The Kier molecular flexibility index (Phi) is 17.2. The van der Waals surface area contributed by atoms with Crippen LogP contribution >= 0.6 is 7.82 Å². The van der Waals surface area contributed by atoms with E-state index >= 15 is 0 Å². The summed E-state index contributed by atoms with van der Waals surface area (Å²) < 4.78 is 31.7. The SMILES string of the molecule is CCCCCCCC(=O)OC(COC(=O)CCCCC)COP(=O)(O)OCCN. The van der Waals surface area contributed by atoms with Crippen LogP contribution in [0.2, 0.25) is 0 Å². The van der Waals surface area contributed by atoms with Crippen LogP contribution in [0.1, 0.15) is 78.1 Å². The first-order valence-electron chi connectivity index (χ1n) is 10.5. The van der Waals surface area contributed by atoms with Crippen LogP contribution in [0.25, 0.3) is 0 Å². The van der Waals surface area contributed by atoms with Gasteiger partial charge in [0, 0.05) is 19.4 Å². The third-order valence-electron chi connectivity index (χ3n) is 3.99. The molecule has 0 aliphatic carbocycles. The number of hydrogen-bond acceptors (Lipinski definition) is 8. The van der Waals surface area contributed by atoms with Gasteiger partial charge < -0.3 is 20.1 Å². The lowest BCUT2D eigenvalue weighted by molar-refractivity contribution is -0.161. The second-order valence-electron chi connectivity index (χ2n) is 6.80. The van der Waals surface area contributed by atoms with Gasteiger partial charge in [0.25, 0.3) is 0 Å². The number of unbranched alkanes of at least 4 members (excludes halogenated alkanes) is 6. The molecule has 3 N–H and O–H groups in total. The number of carbonyl (C=O) groups excluding carboxylic acids is 2. The van der Waals surface area contributed by atoms with Crippen LogP contribution in [0.5, 0.6) is 0 Å². The van der Waals surface area contributed by atoms with Crippen molar-refractivity contribution in [3.8, 4) is 0 Å². The maximum Gasteiger partial charge on any atom is 0.472 e. The van der Waals surface area contributed by atoms with Gasteiger partial charge >= 0.3 is 19.8 Å². The molecule has 2 atom stereocenters. The van der Waals surface area contributed by atoms with E-state index in [0.717, 1.165) is 38.5 Å². The van der Waals surface area contributed by atoms with E-state index in [1.165, 1.54) is 0 Å². The van der Waals surface area contributed by atoms with Crippen molar-refractivity contribution in [2.45, 2.75) is 84.2 Å². The highest BCUT2D eigenvalue weighted by Crippen LogP contribution is 2.43. The fourth-order valence-corrected chi connectivity index (χ4v) is 3.16. The molecular formula is C19H38NO8P. The summed E-state index contributed by atoms with van der Waals surface area (Å²) in [6.45, 7) is 3.37. The van der Waals surface area contributed by atoms with E-state index in [0.29, 0.717) is 12.8 Å². The number of nitrogens with two attached hydrogens (primary N) is 1. The molecule has 172 valence electrons. The van der Waals surface area contributed by atoms with E-state index in [1.54, 1.807) is 0 Å². The van der Waals surface area contributed by atoms with E-state index in [-0.39, 0.29) is 32.6 Å². The quantitative estimate of drug-likeness (QED) is 0.176. The van der Waals surface area contributed by atoms with Crippen LogP contribution in [-0.2, 0) is 32.7 Å². The van der Waals surface area contributed by atoms with Crippen molar-refractivity contribution >= 4 is 19.8 Å². The Balaban J connectivity index is 4.51. The minimum Gasteiger partial charge on any atom is -0.462 e. The van der Waals surface area contributed by atoms with Gasteiger partial charge in [-0.25, -0.2) is 4.57 Å². The maximum atomic E-state index is 12.0. The van der Waals surface area contributed by atoms with Crippen LogP contribution in [0, 0.1) is 0 Å². The number of rotatable bonds is 19. The Bertz CT molecular complexity index is 489. The molecule has 29 heavy (non-hydrogen) atoms. The van der Waals surface area contributed by atoms with Crippen LogP contribution in [-0.4, -0.2) is 49.3 Å². The highest BCUT2D eigenvalue weighted by molar-refractivity contribution is 7.47. The molecule has 0 spiro atoms. The van der Waals surface area contributed by atoms with E-state index < -0.39 is 32.5 Å². The van der Waals surface area contributed by atoms with Gasteiger partial charge in [-0.05, 0) is 12.8 Å². The monoisotopic (exact) mass is 439 g/mol. The summed E-state index contributed by atoms with van der Waals surface area (Å²) in [7, 11) is -4.32. The fraction of sp³-hybridized carbons (Fsp3) is 0.895. The first-order valence-corrected chi connectivity index (χ1v) is 12.0. The third kappa shape index (κ3) is 17.6. The van der Waals surface area contributed by atoms with Crippen molar-refractivity contribution in [2.24, 2.45) is 5.73 Å². The first kappa shape index (κ1) is 28.0. The lowest BCUT2D eigenvalue weighted by Gasteiger charge is -2.19. The van der Waals surface area contributed by atoms with E-state index in [9.17, 15) is 19.0 Å². The lowest BCUT2D eigenvalue weighted by atomic mass is 10.1. The fourth-order valence-electron chi connectivity index (χ4n) is 2.39. The molecule has 0 rings (SSSR count). The standard InChI is InChI=1S/C19H38NO8P/c1-3-5-7-8-10-12-19(22)28-17(15-25-18(21)11-9-6-4-2)16-27-29(23,24)26-14-13-20/h17H,3-16,20H2,1-2H3,(H,23,24). The Labute approximate surface area is 174 Å². The molecule has 0 aliphatic heterocycles. The second kappa shape index (κ2) is 17.8. The maximum absolute atomic E-state index is 12.0. The largest absolute Gasteiger partial charge is 0.472 e. The number of ether oxygens (including phenoxy) is 2. The smallest absolute Gasteiger partial charge is 0.462 e. The summed E-state index contributed by atoms with van der Waals surface area (Å²) in [6.07, 6.45) is 7.02. The van der Waals surface area contributed by atoms with Crippen molar-refractivity contribution in [1.82, 2.24) is 0 Å². The van der Waals surface area contributed by atoms with Crippen molar-refractivity contribution < 1.29 is 37.6 Å². The van der Waals surface area contributed by atoms with Crippen molar-refractivity contribution in [3.63, 3.8) is 0 Å². The van der Waals surface area contributed by atoms with Crippen molar-refractivity contribution in [1.29, 1.82) is 0 Å². The molecule has 0 aromatic rings. The van der Waals surface area contributed by atoms with E-state index in [1.807, 2.05) is 6.92 Å². The molecule has 0 saturated heterocycles. The van der Waals surface area contributed by atoms with Crippen LogP contribution in [0.15, 0.2) is 0 Å². The molecule has 0 fully saturated rings. The summed E-state index contributed by atoms with van der Waals surface area (Å²) in [4.78, 5) is 33.4. The van der Waals surface area contributed by atoms with Crippen molar-refractivity contribution in [2.75, 3.05) is 26.4 Å². The molecule has 0 radical (unpaired) electrons. The zero-order valence-electron chi connectivity index (χ0n) is 17.8. The number of carbonyl (C=O) groups is 2. The first-order chi connectivity index (χ1) is 13.8. The summed E-state index contributed by atoms with van der Waals surface area (Å²) >= 11 is 0. The Morgan fingerprint density at radius 1 is 0.897 bits per heavy atom. The van der Waals surface area contributed by atoms with Gasteiger partial charge in [0.05, 0.1) is 13.2 Å². The number of esters is 2. The summed E-state index contributed by atoms with van der Waals surface area (Å²) in [6, 6.07) is 0. The molecule has 9 nitrogen and oxygen atoms in total. The topological polar surface area (TPSA) is 134 Å². The van der Waals surface area contributed by atoms with Crippen molar-refractivity contribution in [3.05, 3.63) is 0 Å². The predicted octanol–water partition coefficient (Wildman–Crippen LogP) is 3.47. The summed E-state index contributed by atoms with van der Waals surface area (Å²) in [5.41, 5.74) is 5.23. The van der Waals surface area contributed by atoms with Crippen LogP contribution in [0.4, 0.5) is 0 Å². The van der Waals surface area contributed by atoms with Gasteiger partial charge in [0.15, 0.2) is 6.10 Å². The number of hydrogen-bond donors (Lipinski definition) is 2. The molecule has 0 aromatic heterocycles. The molecule has 2 unspecified atom stereocenters. The zero-order valence-corrected chi connectivity index (χ0v) is 18.7. The normalized spacial score (nSPS) is 14.2. The highest BCUT2D eigenvalue weighted by atomic mass is 31.2. The zero-order chi connectivity index (χ0) is 22.0. The lowest BCUT2D eigenvalue weighted by Crippen LogP contribution is -2.29. The Morgan fingerprint density at radius 2 is 1.48 bits per heavy atom. The van der Waals surface area contributed by atoms with Gasteiger partial charge in [-0.3, -0.25) is 18.6 Å². The molecule has 0 aromatic carbocycles. The Morgan fingerprint density at radius 3 is 2.14 bits per heavy atom. The summed E-state index contributed by atoms with van der Waals surface area (Å²) in [5.74, 6) is -0.876. The third-order valence-corrected chi connectivity index (χ3v) is 4.98. The molecule has 10 heteroatoms. The van der Waals surface area contributed by atoms with Gasteiger partial charge in [-0.2, -0.15) is 0 Å². The second-order valence-corrected chi connectivity index (χ2v) is 8.26. The minimum atomic E-state index is -4.32. The van der Waals surface area contributed by atoms with Gasteiger partial charge in [-0.1, -0.05) is 52.4 Å². The number of phosphoric acid groups is 1. The Hall–Kier alpha value is -0.990. The average molecular weight is 439 g/mol. The number of phosphoric ester groups is 1. The molecular weight excluding hydrogens is 401 g/mol. The van der Waals surface area contributed by atoms with E-state index in [2.05, 4.69) is 11.4 Å². The van der Waals surface area contributed by atoms with E-state index in [4.69, 9.17) is 19.7 Å². The molecule has 0 heterocycles. The molecule has 0 bridgehead atoms. The molecule has 0 amide bonds. The van der Waals surface area contributed by atoms with Gasteiger partial charge in [0.1, 0.15) is 6.61 Å². The highest BCUT2D eigenvalue weighted by Gasteiger charge is 2.25. The van der Waals surface area contributed by atoms with Gasteiger partial charge in [0.2, 0.25) is 0 Å².